The average molecular weight is 336 g/mol. The van der Waals surface area contributed by atoms with Gasteiger partial charge in [-0.2, -0.15) is 13.2 Å². The number of nitrogens with one attached hydrogen (secondary N) is 1. The van der Waals surface area contributed by atoms with Crippen LogP contribution in [0.1, 0.15) is 5.56 Å². The summed E-state index contributed by atoms with van der Waals surface area (Å²) in [7, 11) is 0. The van der Waals surface area contributed by atoms with E-state index in [1.165, 1.54) is 30.3 Å². The van der Waals surface area contributed by atoms with Gasteiger partial charge in [-0.3, -0.25) is 0 Å². The van der Waals surface area contributed by atoms with Gasteiger partial charge in [0.2, 0.25) is 0 Å². The van der Waals surface area contributed by atoms with Crippen molar-refractivity contribution in [1.29, 1.82) is 0 Å². The number of rotatable bonds is 4. The SMILES string of the molecule is Fc1ccc(NCc2ccc(SC(F)(F)F)cc2)cc1Cl. The lowest BCUT2D eigenvalue weighted by atomic mass is 10.2. The van der Waals surface area contributed by atoms with Crippen molar-refractivity contribution >= 4 is 29.1 Å². The fourth-order valence-electron chi connectivity index (χ4n) is 1.62. The van der Waals surface area contributed by atoms with Crippen LogP contribution in [-0.4, -0.2) is 5.51 Å². The maximum Gasteiger partial charge on any atom is 0.446 e. The summed E-state index contributed by atoms with van der Waals surface area (Å²) < 4.78 is 49.6. The van der Waals surface area contributed by atoms with Crippen molar-refractivity contribution in [3.05, 3.63) is 58.9 Å². The normalized spacial score (nSPS) is 11.5. The van der Waals surface area contributed by atoms with Crippen molar-refractivity contribution < 1.29 is 17.6 Å². The second kappa shape index (κ2) is 6.58. The van der Waals surface area contributed by atoms with Crippen molar-refractivity contribution in [2.24, 2.45) is 0 Å². The van der Waals surface area contributed by atoms with Gasteiger partial charge in [-0.1, -0.05) is 23.7 Å². The third-order valence-electron chi connectivity index (χ3n) is 2.57. The molecule has 0 fully saturated rings. The minimum Gasteiger partial charge on any atom is -0.381 e. The van der Waals surface area contributed by atoms with Crippen LogP contribution >= 0.6 is 23.4 Å². The maximum atomic E-state index is 13.0. The quantitative estimate of drug-likeness (QED) is 0.568. The minimum absolute atomic E-state index is 0.0110. The lowest BCUT2D eigenvalue weighted by molar-refractivity contribution is -0.0328. The molecular formula is C14H10ClF4NS. The number of anilines is 1. The predicted octanol–water partition coefficient (Wildman–Crippen LogP) is 5.70. The summed E-state index contributed by atoms with van der Waals surface area (Å²) in [5.74, 6) is -0.504. The highest BCUT2D eigenvalue weighted by Gasteiger charge is 2.28. The second-order valence-electron chi connectivity index (χ2n) is 4.17. The van der Waals surface area contributed by atoms with Crippen LogP contribution in [-0.2, 0) is 6.54 Å². The third kappa shape index (κ3) is 5.13. The molecule has 0 amide bonds. The van der Waals surface area contributed by atoms with Gasteiger partial charge >= 0.3 is 5.51 Å². The third-order valence-corrected chi connectivity index (χ3v) is 3.60. The zero-order valence-electron chi connectivity index (χ0n) is 10.5. The summed E-state index contributed by atoms with van der Waals surface area (Å²) in [5, 5.41) is 3.03. The molecule has 0 bridgehead atoms. The molecule has 0 radical (unpaired) electrons. The molecule has 0 heterocycles. The molecule has 1 nitrogen and oxygen atoms in total. The van der Waals surface area contributed by atoms with Crippen LogP contribution in [0.2, 0.25) is 5.02 Å². The molecule has 0 spiro atoms. The van der Waals surface area contributed by atoms with E-state index in [9.17, 15) is 17.6 Å². The van der Waals surface area contributed by atoms with E-state index in [1.54, 1.807) is 12.1 Å². The molecule has 0 unspecified atom stereocenters. The highest BCUT2D eigenvalue weighted by atomic mass is 35.5. The van der Waals surface area contributed by atoms with E-state index in [-0.39, 0.29) is 21.7 Å². The monoisotopic (exact) mass is 335 g/mol. The Morgan fingerprint density at radius 1 is 1.05 bits per heavy atom. The zero-order valence-corrected chi connectivity index (χ0v) is 12.1. The molecule has 0 aliphatic carbocycles. The first-order chi connectivity index (χ1) is 9.83. The van der Waals surface area contributed by atoms with Crippen LogP contribution in [0, 0.1) is 5.82 Å². The summed E-state index contributed by atoms with van der Waals surface area (Å²) in [6.45, 7) is 0.402. The molecular weight excluding hydrogens is 326 g/mol. The Bertz CT molecular complexity index is 613. The van der Waals surface area contributed by atoms with Crippen molar-refractivity contribution in [2.75, 3.05) is 5.32 Å². The molecule has 1 N–H and O–H groups in total. The van der Waals surface area contributed by atoms with E-state index in [4.69, 9.17) is 11.6 Å². The molecule has 0 atom stereocenters. The number of benzene rings is 2. The molecule has 0 aliphatic heterocycles. The minimum atomic E-state index is -4.29. The Morgan fingerprint density at radius 3 is 2.29 bits per heavy atom. The summed E-state index contributed by atoms with van der Waals surface area (Å²) >= 11 is 5.50. The Balaban J connectivity index is 1.96. The molecule has 2 aromatic carbocycles. The standard InChI is InChI=1S/C14H10ClF4NS/c15-12-7-10(3-6-13(12)16)20-8-9-1-4-11(5-2-9)21-14(17,18)19/h1-7,20H,8H2. The lowest BCUT2D eigenvalue weighted by Crippen LogP contribution is -2.01. The summed E-state index contributed by atoms with van der Waals surface area (Å²) in [4.78, 5) is 0.135. The fourth-order valence-corrected chi connectivity index (χ4v) is 2.34. The molecule has 7 heteroatoms. The van der Waals surface area contributed by atoms with Gasteiger partial charge in [0.05, 0.1) is 5.02 Å². The number of alkyl halides is 3. The molecule has 112 valence electrons. The van der Waals surface area contributed by atoms with Gasteiger partial charge in [-0.15, -0.1) is 0 Å². The topological polar surface area (TPSA) is 12.0 Å². The lowest BCUT2D eigenvalue weighted by Gasteiger charge is -2.09. The van der Waals surface area contributed by atoms with Crippen molar-refractivity contribution in [3.8, 4) is 0 Å². The molecule has 0 saturated carbocycles. The van der Waals surface area contributed by atoms with Gasteiger partial charge in [-0.25, -0.2) is 4.39 Å². The molecule has 0 aliphatic rings. The van der Waals surface area contributed by atoms with E-state index < -0.39 is 11.3 Å². The number of hydrogen-bond acceptors (Lipinski definition) is 2. The second-order valence-corrected chi connectivity index (χ2v) is 5.72. The van der Waals surface area contributed by atoms with Gasteiger partial charge in [-0.05, 0) is 47.7 Å². The van der Waals surface area contributed by atoms with Crippen LogP contribution in [0.4, 0.5) is 23.2 Å². The van der Waals surface area contributed by atoms with Gasteiger partial charge in [0.15, 0.2) is 0 Å². The fraction of sp³-hybridized carbons (Fsp3) is 0.143. The highest BCUT2D eigenvalue weighted by Crippen LogP contribution is 2.36. The molecule has 2 rings (SSSR count). The summed E-state index contributed by atoms with van der Waals surface area (Å²) in [6.07, 6.45) is 0. The molecule has 21 heavy (non-hydrogen) atoms. The van der Waals surface area contributed by atoms with Gasteiger partial charge < -0.3 is 5.32 Å². The first-order valence-corrected chi connectivity index (χ1v) is 7.06. The van der Waals surface area contributed by atoms with Gasteiger partial charge in [0, 0.05) is 17.1 Å². The van der Waals surface area contributed by atoms with Crippen LogP contribution in [0.3, 0.4) is 0 Å². The van der Waals surface area contributed by atoms with E-state index in [1.807, 2.05) is 0 Å². The van der Waals surface area contributed by atoms with Crippen molar-refractivity contribution in [3.63, 3.8) is 0 Å². The van der Waals surface area contributed by atoms with Crippen molar-refractivity contribution in [1.82, 2.24) is 0 Å². The summed E-state index contributed by atoms with van der Waals surface area (Å²) in [5.41, 5.74) is -2.85. The predicted molar refractivity (Wildman–Crippen MR) is 77.1 cm³/mol. The van der Waals surface area contributed by atoms with E-state index >= 15 is 0 Å². The van der Waals surface area contributed by atoms with Gasteiger partial charge in [0.1, 0.15) is 5.82 Å². The van der Waals surface area contributed by atoms with E-state index in [0.29, 0.717) is 12.2 Å². The van der Waals surface area contributed by atoms with Crippen LogP contribution in [0.5, 0.6) is 0 Å². The average Bonchev–Trinajstić information content (AvgIpc) is 2.40. The number of thioether (sulfide) groups is 1. The Hall–Kier alpha value is -1.40. The number of halogens is 5. The highest BCUT2D eigenvalue weighted by molar-refractivity contribution is 8.00. The Morgan fingerprint density at radius 2 is 1.71 bits per heavy atom. The van der Waals surface area contributed by atoms with Crippen LogP contribution in [0.15, 0.2) is 47.4 Å². The maximum absolute atomic E-state index is 13.0. The Kier molecular flexibility index (Phi) is 5.00. The number of hydrogen-bond donors (Lipinski definition) is 1. The Labute approximate surface area is 128 Å². The smallest absolute Gasteiger partial charge is 0.381 e. The summed E-state index contributed by atoms with van der Waals surface area (Å²) in [6, 6.07) is 10.3. The van der Waals surface area contributed by atoms with Crippen LogP contribution < -0.4 is 5.32 Å². The first kappa shape index (κ1) is 16.0. The van der Waals surface area contributed by atoms with E-state index in [2.05, 4.69) is 5.32 Å². The largest absolute Gasteiger partial charge is 0.446 e. The zero-order chi connectivity index (χ0) is 15.5. The molecule has 0 aromatic heterocycles. The first-order valence-electron chi connectivity index (χ1n) is 5.87. The van der Waals surface area contributed by atoms with Crippen LogP contribution in [0.25, 0.3) is 0 Å². The van der Waals surface area contributed by atoms with Crippen molar-refractivity contribution in [2.45, 2.75) is 16.9 Å². The molecule has 0 saturated heterocycles. The van der Waals surface area contributed by atoms with Gasteiger partial charge in [0.25, 0.3) is 0 Å². The van der Waals surface area contributed by atoms with E-state index in [0.717, 1.165) is 5.56 Å². The molecule has 2 aromatic rings.